The van der Waals surface area contributed by atoms with E-state index in [1.54, 1.807) is 0 Å². The maximum atomic E-state index is 11.6. The van der Waals surface area contributed by atoms with E-state index in [2.05, 4.69) is 59.4 Å². The van der Waals surface area contributed by atoms with Gasteiger partial charge in [-0.15, -0.1) is 0 Å². The largest absolute Gasteiger partial charge is 0.463 e. The number of hydrogen-bond donors (Lipinski definition) is 0. The number of ether oxygens (including phenoxy) is 1. The molecule has 0 saturated carbocycles. The van der Waals surface area contributed by atoms with Crippen molar-refractivity contribution in [1.29, 1.82) is 0 Å². The van der Waals surface area contributed by atoms with Gasteiger partial charge in [0.15, 0.2) is 0 Å². The fourth-order valence-electron chi connectivity index (χ4n) is 3.97. The molecule has 3 heteroatoms. The lowest BCUT2D eigenvalue weighted by atomic mass is 10.1. The fraction of sp³-hybridized carbons (Fsp3) is 0.500. The molecule has 25 heavy (non-hydrogen) atoms. The van der Waals surface area contributed by atoms with Gasteiger partial charge in [-0.3, -0.25) is 0 Å². The molecule has 0 N–H and O–H groups in total. The second kappa shape index (κ2) is 9.76. The van der Waals surface area contributed by atoms with Crippen molar-refractivity contribution >= 4 is 26.2 Å². The van der Waals surface area contributed by atoms with Crippen molar-refractivity contribution in [2.24, 2.45) is 0 Å². The number of rotatable bonds is 8. The molecular weight excluding hydrogens is 324 g/mol. The van der Waals surface area contributed by atoms with Crippen molar-refractivity contribution in [3.05, 3.63) is 47.2 Å². The summed E-state index contributed by atoms with van der Waals surface area (Å²) in [6, 6.07) is 8.20. The lowest BCUT2D eigenvalue weighted by Crippen LogP contribution is -2.42. The Labute approximate surface area is 155 Å². The molecule has 0 fully saturated rings. The predicted octanol–water partition coefficient (Wildman–Crippen LogP) is 6.49. The number of carbonyl (C=O) groups is 1. The van der Waals surface area contributed by atoms with Crippen LogP contribution in [0.25, 0.3) is 12.2 Å². The first-order valence-corrected chi connectivity index (χ1v) is 11.7. The monoisotopic (exact) mass is 358 g/mol. The van der Waals surface area contributed by atoms with E-state index in [1.165, 1.54) is 6.08 Å². The molecule has 0 heterocycles. The van der Waals surface area contributed by atoms with Crippen LogP contribution in [-0.4, -0.2) is 20.7 Å². The highest BCUT2D eigenvalue weighted by atomic mass is 28.3. The summed E-state index contributed by atoms with van der Waals surface area (Å²) in [4.78, 5) is 11.6. The molecule has 1 rings (SSSR count). The SMILES string of the molecule is CCOC(=O)/C=C/c1ccccc1/C=C/[Si](C(C)C)(C(C)C)C(C)C. The van der Waals surface area contributed by atoms with Crippen molar-refractivity contribution < 1.29 is 9.53 Å². The minimum atomic E-state index is -1.59. The average molecular weight is 359 g/mol. The normalized spacial score (nSPS) is 12.9. The summed E-state index contributed by atoms with van der Waals surface area (Å²) >= 11 is 0. The van der Waals surface area contributed by atoms with Crippen LogP contribution >= 0.6 is 0 Å². The zero-order chi connectivity index (χ0) is 19.0. The van der Waals surface area contributed by atoms with Gasteiger partial charge in [-0.2, -0.15) is 0 Å². The third-order valence-electron chi connectivity index (χ3n) is 5.23. The van der Waals surface area contributed by atoms with E-state index in [0.29, 0.717) is 23.2 Å². The van der Waals surface area contributed by atoms with Gasteiger partial charge in [0.05, 0.1) is 14.7 Å². The topological polar surface area (TPSA) is 26.3 Å². The highest BCUT2D eigenvalue weighted by Gasteiger charge is 2.40. The average Bonchev–Trinajstić information content (AvgIpc) is 2.53. The molecule has 0 aliphatic carbocycles. The van der Waals surface area contributed by atoms with Gasteiger partial charge < -0.3 is 4.74 Å². The maximum absolute atomic E-state index is 11.6. The Bertz CT molecular complexity index is 590. The van der Waals surface area contributed by atoms with Crippen LogP contribution < -0.4 is 0 Å². The summed E-state index contributed by atoms with van der Waals surface area (Å²) in [6.45, 7) is 16.4. The highest BCUT2D eigenvalue weighted by Crippen LogP contribution is 2.42. The number of esters is 1. The van der Waals surface area contributed by atoms with Crippen LogP contribution in [0.1, 0.15) is 59.6 Å². The van der Waals surface area contributed by atoms with Crippen LogP contribution in [-0.2, 0) is 9.53 Å². The second-order valence-corrected chi connectivity index (χ2v) is 13.3. The molecule has 0 spiro atoms. The van der Waals surface area contributed by atoms with Gasteiger partial charge in [-0.25, -0.2) is 4.79 Å². The second-order valence-electron chi connectivity index (χ2n) is 7.51. The molecule has 0 unspecified atom stereocenters. The maximum Gasteiger partial charge on any atom is 0.330 e. The first kappa shape index (κ1) is 21.4. The standard InChI is InChI=1S/C22H34O2Si/c1-8-24-22(23)14-13-20-11-9-10-12-21(20)15-16-25(17(2)3,18(4)5)19(6)7/h9-19H,8H2,1-7H3/b14-13+,16-15+. The number of carbonyl (C=O) groups excluding carboxylic acids is 1. The third-order valence-corrected chi connectivity index (χ3v) is 12.0. The molecule has 1 aromatic rings. The summed E-state index contributed by atoms with van der Waals surface area (Å²) < 4.78 is 4.98. The lowest BCUT2D eigenvalue weighted by Gasteiger charge is -2.40. The Kier molecular flexibility index (Phi) is 8.37. The van der Waals surface area contributed by atoms with Crippen molar-refractivity contribution in [1.82, 2.24) is 0 Å². The van der Waals surface area contributed by atoms with E-state index in [1.807, 2.05) is 31.2 Å². The van der Waals surface area contributed by atoms with Gasteiger partial charge in [-0.1, -0.05) is 77.6 Å². The van der Waals surface area contributed by atoms with Crippen LogP contribution in [0.5, 0.6) is 0 Å². The van der Waals surface area contributed by atoms with E-state index >= 15 is 0 Å². The zero-order valence-corrected chi connectivity index (χ0v) is 17.9. The molecule has 0 aliphatic heterocycles. The van der Waals surface area contributed by atoms with Crippen molar-refractivity contribution in [3.8, 4) is 0 Å². The molecular formula is C22H34O2Si. The van der Waals surface area contributed by atoms with Crippen molar-refractivity contribution in [2.75, 3.05) is 6.61 Å². The highest BCUT2D eigenvalue weighted by molar-refractivity contribution is 6.88. The summed E-state index contributed by atoms with van der Waals surface area (Å²) in [5.74, 6) is -0.295. The van der Waals surface area contributed by atoms with E-state index in [-0.39, 0.29) is 5.97 Å². The van der Waals surface area contributed by atoms with E-state index in [9.17, 15) is 4.79 Å². The van der Waals surface area contributed by atoms with Crippen molar-refractivity contribution in [3.63, 3.8) is 0 Å². The van der Waals surface area contributed by atoms with Crippen LogP contribution in [0.4, 0.5) is 0 Å². The summed E-state index contributed by atoms with van der Waals surface area (Å²) in [7, 11) is -1.59. The van der Waals surface area contributed by atoms with Gasteiger partial charge in [0.1, 0.15) is 0 Å². The Morgan fingerprint density at radius 2 is 1.44 bits per heavy atom. The van der Waals surface area contributed by atoms with Gasteiger partial charge in [0.2, 0.25) is 0 Å². The molecule has 0 atom stereocenters. The third kappa shape index (κ3) is 5.43. The Morgan fingerprint density at radius 1 is 0.960 bits per heavy atom. The van der Waals surface area contributed by atoms with Crippen LogP contribution in [0.2, 0.25) is 16.6 Å². The molecule has 0 bridgehead atoms. The summed E-state index contributed by atoms with van der Waals surface area (Å²) in [5.41, 5.74) is 6.78. The van der Waals surface area contributed by atoms with Gasteiger partial charge >= 0.3 is 5.97 Å². The molecule has 0 aromatic heterocycles. The molecule has 0 aliphatic rings. The molecule has 2 nitrogen and oxygen atoms in total. The minimum Gasteiger partial charge on any atom is -0.463 e. The van der Waals surface area contributed by atoms with E-state index < -0.39 is 8.07 Å². The first-order valence-electron chi connectivity index (χ1n) is 9.38. The van der Waals surface area contributed by atoms with E-state index in [0.717, 1.165) is 11.1 Å². The van der Waals surface area contributed by atoms with Crippen molar-refractivity contribution in [2.45, 2.75) is 65.1 Å². The quantitative estimate of drug-likeness (QED) is 0.301. The summed E-state index contributed by atoms with van der Waals surface area (Å²) in [6.07, 6.45) is 5.63. The van der Waals surface area contributed by atoms with Crippen LogP contribution in [0, 0.1) is 0 Å². The summed E-state index contributed by atoms with van der Waals surface area (Å²) in [5, 5.41) is 0. The molecule has 138 valence electrons. The first-order chi connectivity index (χ1) is 11.8. The Balaban J connectivity index is 3.21. The number of hydrogen-bond acceptors (Lipinski definition) is 2. The molecule has 1 aromatic carbocycles. The molecule has 0 saturated heterocycles. The van der Waals surface area contributed by atoms with Crippen LogP contribution in [0.3, 0.4) is 0 Å². The van der Waals surface area contributed by atoms with Gasteiger partial charge in [0, 0.05) is 6.08 Å². The minimum absolute atomic E-state index is 0.295. The van der Waals surface area contributed by atoms with Crippen LogP contribution in [0.15, 0.2) is 36.0 Å². The smallest absolute Gasteiger partial charge is 0.330 e. The molecule has 0 radical (unpaired) electrons. The zero-order valence-electron chi connectivity index (χ0n) is 16.9. The van der Waals surface area contributed by atoms with Gasteiger partial charge in [0.25, 0.3) is 0 Å². The number of benzene rings is 1. The lowest BCUT2D eigenvalue weighted by molar-refractivity contribution is -0.137. The predicted molar refractivity (Wildman–Crippen MR) is 112 cm³/mol. The van der Waals surface area contributed by atoms with E-state index in [4.69, 9.17) is 4.74 Å². The molecule has 0 amide bonds. The fourth-order valence-corrected chi connectivity index (χ4v) is 9.60. The Morgan fingerprint density at radius 3 is 1.88 bits per heavy atom. The Hall–Kier alpha value is -1.61. The van der Waals surface area contributed by atoms with Gasteiger partial charge in [-0.05, 0) is 40.8 Å².